The minimum Gasteiger partial charge on any atom is -0.348 e. The van der Waals surface area contributed by atoms with Crippen molar-refractivity contribution in [1.29, 1.82) is 0 Å². The Morgan fingerprint density at radius 2 is 1.88 bits per heavy atom. The molecule has 1 saturated carbocycles. The van der Waals surface area contributed by atoms with E-state index in [2.05, 4.69) is 15.6 Å². The molecule has 2 N–H and O–H groups in total. The zero-order chi connectivity index (χ0) is 18.3. The van der Waals surface area contributed by atoms with E-state index in [0.717, 1.165) is 25.0 Å². The zero-order valence-electron chi connectivity index (χ0n) is 13.5. The summed E-state index contributed by atoms with van der Waals surface area (Å²) in [7, 11) is 0. The van der Waals surface area contributed by atoms with Crippen molar-refractivity contribution in [2.24, 2.45) is 0 Å². The van der Waals surface area contributed by atoms with Crippen LogP contribution < -0.4 is 10.6 Å². The Balaban J connectivity index is 1.67. The molecule has 0 atom stereocenters. The molecule has 8 heteroatoms. The van der Waals surface area contributed by atoms with Gasteiger partial charge < -0.3 is 10.6 Å². The molecule has 0 bridgehead atoms. The lowest BCUT2D eigenvalue weighted by atomic mass is 10.3. The topological polar surface area (TPSA) is 75.5 Å². The quantitative estimate of drug-likeness (QED) is 0.755. The minimum atomic E-state index is -1.07. The third kappa shape index (κ3) is 3.01. The van der Waals surface area contributed by atoms with Crippen molar-refractivity contribution in [1.82, 2.24) is 14.7 Å². The van der Waals surface area contributed by atoms with Crippen molar-refractivity contribution in [3.05, 3.63) is 65.7 Å². The lowest BCUT2D eigenvalue weighted by Gasteiger charge is -2.05. The molecular formula is C18H14F2N4O2. The molecule has 3 aromatic rings. The van der Waals surface area contributed by atoms with Crippen LogP contribution in [0.4, 0.5) is 14.5 Å². The van der Waals surface area contributed by atoms with E-state index in [9.17, 15) is 18.4 Å². The van der Waals surface area contributed by atoms with Crippen LogP contribution >= 0.6 is 0 Å². The molecule has 1 aliphatic carbocycles. The van der Waals surface area contributed by atoms with Gasteiger partial charge in [0.05, 0.1) is 5.52 Å². The fourth-order valence-corrected chi connectivity index (χ4v) is 2.61. The lowest BCUT2D eigenvalue weighted by Crippen LogP contribution is -2.26. The predicted octanol–water partition coefficient (Wildman–Crippen LogP) is 2.76. The Hall–Kier alpha value is -3.29. The van der Waals surface area contributed by atoms with Crippen LogP contribution in [-0.4, -0.2) is 27.2 Å². The smallest absolute Gasteiger partial charge is 0.292 e. The van der Waals surface area contributed by atoms with Crippen molar-refractivity contribution in [2.75, 3.05) is 5.32 Å². The Morgan fingerprint density at radius 3 is 2.62 bits per heavy atom. The van der Waals surface area contributed by atoms with Gasteiger partial charge in [-0.3, -0.25) is 14.0 Å². The largest absolute Gasteiger partial charge is 0.348 e. The molecule has 0 radical (unpaired) electrons. The lowest BCUT2D eigenvalue weighted by molar-refractivity contribution is 0.0948. The van der Waals surface area contributed by atoms with Gasteiger partial charge >= 0.3 is 0 Å². The van der Waals surface area contributed by atoms with Gasteiger partial charge in [0.15, 0.2) is 17.3 Å². The number of carbonyl (C=O) groups excluding carboxylic acids is 2. The highest BCUT2D eigenvalue weighted by molar-refractivity contribution is 6.06. The summed E-state index contributed by atoms with van der Waals surface area (Å²) in [4.78, 5) is 29.1. The number of pyridine rings is 1. The van der Waals surface area contributed by atoms with Gasteiger partial charge in [-0.1, -0.05) is 6.07 Å². The molecule has 0 spiro atoms. The summed E-state index contributed by atoms with van der Waals surface area (Å²) in [5.74, 6) is -3.08. The average Bonchev–Trinajstić information content (AvgIpc) is 3.34. The summed E-state index contributed by atoms with van der Waals surface area (Å²) in [5, 5.41) is 5.30. The maximum Gasteiger partial charge on any atom is 0.292 e. The van der Waals surface area contributed by atoms with Gasteiger partial charge in [-0.25, -0.2) is 13.8 Å². The van der Waals surface area contributed by atoms with E-state index in [4.69, 9.17) is 0 Å². The second kappa shape index (κ2) is 6.21. The number of rotatable bonds is 4. The van der Waals surface area contributed by atoms with Crippen molar-refractivity contribution in [2.45, 2.75) is 18.9 Å². The number of carbonyl (C=O) groups is 2. The van der Waals surface area contributed by atoms with Crippen LogP contribution in [0.1, 0.15) is 33.9 Å². The first-order valence-electron chi connectivity index (χ1n) is 8.07. The van der Waals surface area contributed by atoms with Crippen molar-refractivity contribution in [3.8, 4) is 0 Å². The molecule has 6 nitrogen and oxygen atoms in total. The van der Waals surface area contributed by atoms with Crippen molar-refractivity contribution >= 4 is 23.0 Å². The van der Waals surface area contributed by atoms with Gasteiger partial charge in [0, 0.05) is 24.0 Å². The molecule has 0 unspecified atom stereocenters. The molecule has 1 fully saturated rings. The van der Waals surface area contributed by atoms with Crippen molar-refractivity contribution in [3.63, 3.8) is 0 Å². The summed E-state index contributed by atoms with van der Waals surface area (Å²) in [6.07, 6.45) is 3.47. The van der Waals surface area contributed by atoms with Gasteiger partial charge in [-0.15, -0.1) is 0 Å². The zero-order valence-corrected chi connectivity index (χ0v) is 13.5. The molecular weight excluding hydrogens is 342 g/mol. The third-order valence-electron chi connectivity index (χ3n) is 4.06. The maximum absolute atomic E-state index is 13.3. The third-order valence-corrected chi connectivity index (χ3v) is 4.06. The number of aromatic nitrogens is 2. The first kappa shape index (κ1) is 16.2. The number of hydrogen-bond acceptors (Lipinski definition) is 3. The van der Waals surface area contributed by atoms with Gasteiger partial charge in [0.1, 0.15) is 0 Å². The molecule has 1 aromatic carbocycles. The number of anilines is 1. The molecule has 2 heterocycles. The number of benzene rings is 1. The molecule has 26 heavy (non-hydrogen) atoms. The summed E-state index contributed by atoms with van der Waals surface area (Å²) in [5.41, 5.74) is 0.722. The van der Waals surface area contributed by atoms with E-state index in [0.29, 0.717) is 5.52 Å². The second-order valence-electron chi connectivity index (χ2n) is 6.07. The average molecular weight is 356 g/mol. The SMILES string of the molecule is O=C(NC1CC1)c1nc(C(=O)Nc2ccc(F)c(F)c2)n2ccccc12. The monoisotopic (exact) mass is 356 g/mol. The first-order valence-corrected chi connectivity index (χ1v) is 8.07. The van der Waals surface area contributed by atoms with Crippen LogP contribution in [0.15, 0.2) is 42.6 Å². The number of nitrogens with zero attached hydrogens (tertiary/aromatic N) is 2. The molecule has 0 aliphatic heterocycles. The normalized spacial score (nSPS) is 13.6. The number of imidazole rings is 1. The number of hydrogen-bond donors (Lipinski definition) is 2. The summed E-state index contributed by atoms with van der Waals surface area (Å²) in [6.45, 7) is 0. The van der Waals surface area contributed by atoms with Crippen LogP contribution in [-0.2, 0) is 0 Å². The fraction of sp³-hybridized carbons (Fsp3) is 0.167. The van der Waals surface area contributed by atoms with Gasteiger partial charge in [0.25, 0.3) is 11.8 Å². The summed E-state index contributed by atoms with van der Waals surface area (Å²) in [6, 6.07) is 8.32. The van der Waals surface area contributed by atoms with E-state index in [-0.39, 0.29) is 29.2 Å². The number of nitrogens with one attached hydrogen (secondary N) is 2. The molecule has 132 valence electrons. The minimum absolute atomic E-state index is 0.0220. The molecule has 1 aliphatic rings. The first-order chi connectivity index (χ1) is 12.5. The Kier molecular flexibility index (Phi) is 3.87. The highest BCUT2D eigenvalue weighted by Gasteiger charge is 2.27. The van der Waals surface area contributed by atoms with Crippen LogP contribution in [0.3, 0.4) is 0 Å². The maximum atomic E-state index is 13.3. The molecule has 4 rings (SSSR count). The number of halogens is 2. The summed E-state index contributed by atoms with van der Waals surface area (Å²) < 4.78 is 27.8. The van der Waals surface area contributed by atoms with E-state index in [1.54, 1.807) is 24.4 Å². The Labute approximate surface area is 146 Å². The number of fused-ring (bicyclic) bond motifs is 1. The van der Waals surface area contributed by atoms with E-state index < -0.39 is 17.5 Å². The van der Waals surface area contributed by atoms with Gasteiger partial charge in [-0.05, 0) is 37.1 Å². The second-order valence-corrected chi connectivity index (χ2v) is 6.07. The van der Waals surface area contributed by atoms with Crippen LogP contribution in [0.5, 0.6) is 0 Å². The fourth-order valence-electron chi connectivity index (χ4n) is 2.61. The Bertz CT molecular complexity index is 1030. The predicted molar refractivity (Wildman–Crippen MR) is 90.0 cm³/mol. The van der Waals surface area contributed by atoms with E-state index >= 15 is 0 Å². The molecule has 0 saturated heterocycles. The van der Waals surface area contributed by atoms with Crippen LogP contribution in [0, 0.1) is 11.6 Å². The van der Waals surface area contributed by atoms with E-state index in [1.165, 1.54) is 10.5 Å². The number of amides is 2. The van der Waals surface area contributed by atoms with Gasteiger partial charge in [0.2, 0.25) is 5.82 Å². The van der Waals surface area contributed by atoms with Crippen LogP contribution in [0.2, 0.25) is 0 Å². The molecule has 2 aromatic heterocycles. The highest BCUT2D eigenvalue weighted by Crippen LogP contribution is 2.21. The van der Waals surface area contributed by atoms with Crippen LogP contribution in [0.25, 0.3) is 5.52 Å². The van der Waals surface area contributed by atoms with Crippen molar-refractivity contribution < 1.29 is 18.4 Å². The summed E-state index contributed by atoms with van der Waals surface area (Å²) >= 11 is 0. The standard InChI is InChI=1S/C18H14F2N4O2/c19-12-7-6-11(9-13(12)20)22-18(26)16-23-15(17(25)21-10-4-5-10)14-3-1-2-8-24(14)16/h1-3,6-10H,4-5H2,(H,21,25)(H,22,26). The van der Waals surface area contributed by atoms with E-state index in [1.807, 2.05) is 0 Å². The highest BCUT2D eigenvalue weighted by atomic mass is 19.2. The van der Waals surface area contributed by atoms with Gasteiger partial charge in [-0.2, -0.15) is 0 Å². The Morgan fingerprint density at radius 1 is 1.08 bits per heavy atom. The molecule has 2 amide bonds.